The van der Waals surface area contributed by atoms with Crippen molar-refractivity contribution in [2.45, 2.75) is 0 Å². The maximum absolute atomic E-state index is 6.35. The Kier molecular flexibility index (Phi) is 6.81. The molecular weight excluding hydrogens is 623 g/mol. The molecule has 0 aliphatic heterocycles. The number of anilines is 3. The van der Waals surface area contributed by atoms with Crippen LogP contribution in [-0.2, 0) is 0 Å². The molecule has 0 bridgehead atoms. The topological polar surface area (TPSA) is 29.5 Å². The molecule has 10 aromatic rings. The molecule has 2 heterocycles. The monoisotopic (exact) mass is 653 g/mol. The van der Waals surface area contributed by atoms with Gasteiger partial charge in [0, 0.05) is 38.6 Å². The molecule has 51 heavy (non-hydrogen) atoms. The van der Waals surface area contributed by atoms with Crippen LogP contribution in [0.5, 0.6) is 0 Å². The van der Waals surface area contributed by atoms with Gasteiger partial charge >= 0.3 is 0 Å². The number of benzene rings is 8. The maximum Gasteiger partial charge on any atom is 0.136 e. The fourth-order valence-electron chi connectivity index (χ4n) is 7.34. The van der Waals surface area contributed by atoms with Crippen LogP contribution >= 0.6 is 0 Å². The molecule has 240 valence electrons. The average molecular weight is 654 g/mol. The first-order valence-electron chi connectivity index (χ1n) is 17.2. The highest BCUT2D eigenvalue weighted by atomic mass is 16.3. The van der Waals surface area contributed by atoms with Crippen molar-refractivity contribution >= 4 is 60.9 Å². The van der Waals surface area contributed by atoms with E-state index in [0.717, 1.165) is 83.2 Å². The zero-order valence-corrected chi connectivity index (χ0v) is 27.7. The Hall–Kier alpha value is -6.84. The van der Waals surface area contributed by atoms with Crippen LogP contribution in [0, 0.1) is 0 Å². The van der Waals surface area contributed by atoms with Gasteiger partial charge in [0.15, 0.2) is 0 Å². The minimum Gasteiger partial charge on any atom is -0.456 e. The highest BCUT2D eigenvalue weighted by molar-refractivity contribution is 6.07. The van der Waals surface area contributed by atoms with Crippen LogP contribution in [-0.4, -0.2) is 0 Å². The summed E-state index contributed by atoms with van der Waals surface area (Å²) in [5.41, 5.74) is 13.5. The van der Waals surface area contributed by atoms with Crippen LogP contribution in [0.1, 0.15) is 0 Å². The van der Waals surface area contributed by atoms with Crippen molar-refractivity contribution in [1.29, 1.82) is 0 Å². The first kappa shape index (κ1) is 29.1. The van der Waals surface area contributed by atoms with Crippen LogP contribution < -0.4 is 4.90 Å². The maximum atomic E-state index is 6.35. The van der Waals surface area contributed by atoms with E-state index < -0.39 is 0 Å². The molecule has 0 fully saturated rings. The molecule has 3 nitrogen and oxygen atoms in total. The Labute approximate surface area is 295 Å². The first-order valence-corrected chi connectivity index (χ1v) is 17.2. The normalized spacial score (nSPS) is 11.5. The van der Waals surface area contributed by atoms with Gasteiger partial charge in [-0.3, -0.25) is 0 Å². The average Bonchev–Trinajstić information content (AvgIpc) is 3.76. The van der Waals surface area contributed by atoms with Gasteiger partial charge in [-0.25, -0.2) is 0 Å². The summed E-state index contributed by atoms with van der Waals surface area (Å²) in [6.07, 6.45) is 0. The van der Waals surface area contributed by atoms with E-state index in [0.29, 0.717) is 0 Å². The van der Waals surface area contributed by atoms with Gasteiger partial charge in [0.25, 0.3) is 0 Å². The lowest BCUT2D eigenvalue weighted by Crippen LogP contribution is -2.10. The van der Waals surface area contributed by atoms with Crippen LogP contribution in [0.15, 0.2) is 197 Å². The Morgan fingerprint density at radius 3 is 1.25 bits per heavy atom. The number of furan rings is 2. The summed E-state index contributed by atoms with van der Waals surface area (Å²) in [6, 6.07) is 66.3. The molecule has 0 aliphatic rings. The molecule has 0 unspecified atom stereocenters. The Bertz CT molecular complexity index is 2720. The number of hydrogen-bond acceptors (Lipinski definition) is 3. The standard InChI is InChI=1S/C48H31NO2/c1-3-11-32(12-4-1)33-19-23-39(24-20-33)49(38-13-5-2-6-14-38)40-28-36(34-21-25-43-41-15-7-9-17-45(41)50-47(43)30-34)27-37(29-40)35-22-26-44-42-16-8-10-18-46(42)51-48(44)31-35/h1-31H. The predicted molar refractivity (Wildman–Crippen MR) is 212 cm³/mol. The third-order valence-corrected chi connectivity index (χ3v) is 9.85. The number of para-hydroxylation sites is 3. The first-order chi connectivity index (χ1) is 25.2. The molecular formula is C48H31NO2. The molecule has 3 heteroatoms. The third-order valence-electron chi connectivity index (χ3n) is 9.85. The Morgan fingerprint density at radius 2 is 0.686 bits per heavy atom. The molecule has 0 saturated carbocycles. The Morgan fingerprint density at radius 1 is 0.255 bits per heavy atom. The summed E-state index contributed by atoms with van der Waals surface area (Å²) in [4.78, 5) is 2.33. The minimum absolute atomic E-state index is 0.876. The van der Waals surface area contributed by atoms with Crippen LogP contribution in [0.2, 0.25) is 0 Å². The van der Waals surface area contributed by atoms with E-state index in [1.54, 1.807) is 0 Å². The number of rotatable bonds is 6. The second kappa shape index (κ2) is 11.9. The minimum atomic E-state index is 0.876. The molecule has 0 N–H and O–H groups in total. The molecule has 0 spiro atoms. The van der Waals surface area contributed by atoms with Gasteiger partial charge in [-0.1, -0.05) is 109 Å². The van der Waals surface area contributed by atoms with Crippen LogP contribution in [0.4, 0.5) is 17.1 Å². The lowest BCUT2D eigenvalue weighted by Gasteiger charge is -2.27. The van der Waals surface area contributed by atoms with Crippen molar-refractivity contribution in [2.75, 3.05) is 4.90 Å². The second-order valence-corrected chi connectivity index (χ2v) is 13.0. The summed E-state index contributed by atoms with van der Waals surface area (Å²) >= 11 is 0. The fraction of sp³-hybridized carbons (Fsp3) is 0. The summed E-state index contributed by atoms with van der Waals surface area (Å²) in [7, 11) is 0. The SMILES string of the molecule is c1ccc(-c2ccc(N(c3ccccc3)c3cc(-c4ccc5c(c4)oc4ccccc45)cc(-c4ccc5c(c4)oc4ccccc45)c3)cc2)cc1. The summed E-state index contributed by atoms with van der Waals surface area (Å²) in [5, 5.41) is 4.49. The van der Waals surface area contributed by atoms with E-state index in [2.05, 4.69) is 169 Å². The largest absolute Gasteiger partial charge is 0.456 e. The van der Waals surface area contributed by atoms with Gasteiger partial charge in [0.05, 0.1) is 0 Å². The van der Waals surface area contributed by atoms with E-state index >= 15 is 0 Å². The van der Waals surface area contributed by atoms with Crippen molar-refractivity contribution < 1.29 is 8.83 Å². The van der Waals surface area contributed by atoms with Crippen molar-refractivity contribution in [3.8, 4) is 33.4 Å². The predicted octanol–water partition coefficient (Wildman–Crippen LogP) is 14.0. The van der Waals surface area contributed by atoms with Gasteiger partial charge < -0.3 is 13.7 Å². The van der Waals surface area contributed by atoms with Crippen molar-refractivity contribution in [1.82, 2.24) is 0 Å². The van der Waals surface area contributed by atoms with Crippen LogP contribution in [0.25, 0.3) is 77.3 Å². The van der Waals surface area contributed by atoms with Gasteiger partial charge in [-0.05, 0) is 112 Å². The third kappa shape index (κ3) is 5.15. The van der Waals surface area contributed by atoms with E-state index in [4.69, 9.17) is 8.83 Å². The van der Waals surface area contributed by atoms with Gasteiger partial charge in [-0.15, -0.1) is 0 Å². The summed E-state index contributed by atoms with van der Waals surface area (Å²) in [5.74, 6) is 0. The molecule has 10 rings (SSSR count). The molecule has 0 radical (unpaired) electrons. The van der Waals surface area contributed by atoms with E-state index in [-0.39, 0.29) is 0 Å². The Balaban J connectivity index is 1.17. The van der Waals surface area contributed by atoms with Crippen molar-refractivity contribution in [3.05, 3.63) is 188 Å². The summed E-state index contributed by atoms with van der Waals surface area (Å²) < 4.78 is 12.7. The number of hydrogen-bond donors (Lipinski definition) is 0. The van der Waals surface area contributed by atoms with E-state index in [1.165, 1.54) is 11.1 Å². The zero-order valence-electron chi connectivity index (χ0n) is 27.7. The second-order valence-electron chi connectivity index (χ2n) is 13.0. The molecule has 0 saturated heterocycles. The number of fused-ring (bicyclic) bond motifs is 6. The van der Waals surface area contributed by atoms with Crippen LogP contribution in [0.3, 0.4) is 0 Å². The lowest BCUT2D eigenvalue weighted by molar-refractivity contribution is 0.668. The number of nitrogens with zero attached hydrogens (tertiary/aromatic N) is 1. The quantitative estimate of drug-likeness (QED) is 0.179. The zero-order chi connectivity index (χ0) is 33.7. The molecule has 0 atom stereocenters. The molecule has 0 aliphatic carbocycles. The summed E-state index contributed by atoms with van der Waals surface area (Å²) in [6.45, 7) is 0. The van der Waals surface area contributed by atoms with Gasteiger partial charge in [-0.2, -0.15) is 0 Å². The van der Waals surface area contributed by atoms with Crippen molar-refractivity contribution in [3.63, 3.8) is 0 Å². The van der Waals surface area contributed by atoms with E-state index in [1.807, 2.05) is 24.3 Å². The highest BCUT2D eigenvalue weighted by Gasteiger charge is 2.18. The highest BCUT2D eigenvalue weighted by Crippen LogP contribution is 2.42. The smallest absolute Gasteiger partial charge is 0.136 e. The lowest BCUT2D eigenvalue weighted by atomic mass is 9.96. The van der Waals surface area contributed by atoms with Crippen molar-refractivity contribution in [2.24, 2.45) is 0 Å². The molecule has 8 aromatic carbocycles. The van der Waals surface area contributed by atoms with Gasteiger partial charge in [0.2, 0.25) is 0 Å². The fourth-order valence-corrected chi connectivity index (χ4v) is 7.34. The molecule has 0 amide bonds. The van der Waals surface area contributed by atoms with E-state index in [9.17, 15) is 0 Å². The van der Waals surface area contributed by atoms with Gasteiger partial charge in [0.1, 0.15) is 22.3 Å². The molecule has 2 aromatic heterocycles.